The zero-order valence-electron chi connectivity index (χ0n) is 15.1. The van der Waals surface area contributed by atoms with Crippen LogP contribution in [0.2, 0.25) is 0 Å². The van der Waals surface area contributed by atoms with Gasteiger partial charge in [0.1, 0.15) is 5.01 Å². The Hall–Kier alpha value is -3.26. The summed E-state index contributed by atoms with van der Waals surface area (Å²) >= 11 is 1.60. The van der Waals surface area contributed by atoms with Crippen LogP contribution in [0.5, 0.6) is 5.88 Å². The van der Waals surface area contributed by atoms with E-state index in [9.17, 15) is 4.79 Å². The lowest BCUT2D eigenvalue weighted by molar-refractivity contribution is 0.101. The van der Waals surface area contributed by atoms with Gasteiger partial charge in [0.05, 0.1) is 12.8 Å². The minimum Gasteiger partial charge on any atom is -0.480 e. The number of aromatic nitrogens is 4. The molecular formula is C19H17N5O2S. The number of hydrogen-bond acceptors (Lipinski definition) is 6. The van der Waals surface area contributed by atoms with Crippen LogP contribution in [0.25, 0.3) is 16.2 Å². The highest BCUT2D eigenvalue weighted by molar-refractivity contribution is 7.13. The molecule has 0 radical (unpaired) electrons. The number of imidazole rings is 1. The zero-order valence-corrected chi connectivity index (χ0v) is 15.9. The van der Waals surface area contributed by atoms with Crippen molar-refractivity contribution in [1.82, 2.24) is 19.6 Å². The van der Waals surface area contributed by atoms with Crippen LogP contribution in [-0.4, -0.2) is 32.6 Å². The van der Waals surface area contributed by atoms with E-state index in [1.165, 1.54) is 11.6 Å². The van der Waals surface area contributed by atoms with Gasteiger partial charge in [0.15, 0.2) is 11.3 Å². The monoisotopic (exact) mass is 379 g/mol. The molecule has 4 rings (SSSR count). The van der Waals surface area contributed by atoms with Crippen LogP contribution in [0, 0.1) is 13.8 Å². The second-order valence-electron chi connectivity index (χ2n) is 6.02. The van der Waals surface area contributed by atoms with E-state index in [2.05, 4.69) is 20.4 Å². The highest BCUT2D eigenvalue weighted by atomic mass is 32.1. The summed E-state index contributed by atoms with van der Waals surface area (Å²) in [5.41, 5.74) is 4.27. The molecule has 1 aromatic carbocycles. The van der Waals surface area contributed by atoms with Crippen molar-refractivity contribution in [2.45, 2.75) is 13.8 Å². The van der Waals surface area contributed by atoms with E-state index in [0.29, 0.717) is 28.6 Å². The molecule has 7 nitrogen and oxygen atoms in total. The van der Waals surface area contributed by atoms with E-state index in [-0.39, 0.29) is 5.91 Å². The van der Waals surface area contributed by atoms with E-state index in [1.54, 1.807) is 30.4 Å². The molecule has 0 bridgehead atoms. The molecule has 3 aromatic heterocycles. The Kier molecular flexibility index (Phi) is 4.33. The lowest BCUT2D eigenvalue weighted by atomic mass is 10.2. The summed E-state index contributed by atoms with van der Waals surface area (Å²) in [7, 11) is 1.53. The molecule has 8 heteroatoms. The average molecular weight is 379 g/mol. The predicted octanol–water partition coefficient (Wildman–Crippen LogP) is 3.73. The summed E-state index contributed by atoms with van der Waals surface area (Å²) in [6, 6.07) is 11.1. The number of nitrogens with zero attached hydrogens (tertiary/aromatic N) is 4. The molecule has 3 heterocycles. The van der Waals surface area contributed by atoms with Crippen molar-refractivity contribution in [3.8, 4) is 16.5 Å². The largest absolute Gasteiger partial charge is 0.480 e. The Morgan fingerprint density at radius 1 is 1.11 bits per heavy atom. The molecule has 0 aliphatic rings. The standard InChI is InChI=1S/C19H17N5O2S/c1-11-10-27-19(20-11)13-4-6-14(7-5-13)22-18(25)17-12(2)21-15-8-9-16(26-3)23-24(15)17/h4-10H,1-3H3,(H,22,25). The third kappa shape index (κ3) is 3.26. The maximum atomic E-state index is 12.8. The first kappa shape index (κ1) is 17.2. The number of nitrogens with one attached hydrogen (secondary N) is 1. The maximum Gasteiger partial charge on any atom is 0.276 e. The van der Waals surface area contributed by atoms with Gasteiger partial charge in [-0.3, -0.25) is 4.79 Å². The molecule has 1 N–H and O–H groups in total. The molecule has 0 atom stereocenters. The number of amides is 1. The van der Waals surface area contributed by atoms with Gasteiger partial charge in [-0.25, -0.2) is 14.5 Å². The first-order valence-corrected chi connectivity index (χ1v) is 9.17. The first-order valence-electron chi connectivity index (χ1n) is 8.29. The van der Waals surface area contributed by atoms with Crippen LogP contribution in [-0.2, 0) is 0 Å². The summed E-state index contributed by atoms with van der Waals surface area (Å²) < 4.78 is 6.64. The molecule has 0 saturated carbocycles. The van der Waals surface area contributed by atoms with Crippen molar-refractivity contribution >= 4 is 28.6 Å². The Labute approximate surface area is 159 Å². The Morgan fingerprint density at radius 3 is 2.56 bits per heavy atom. The van der Waals surface area contributed by atoms with Gasteiger partial charge in [0.2, 0.25) is 5.88 Å². The molecule has 0 aliphatic carbocycles. The van der Waals surface area contributed by atoms with E-state index < -0.39 is 0 Å². The summed E-state index contributed by atoms with van der Waals surface area (Å²) in [4.78, 5) is 21.7. The Bertz CT molecular complexity index is 1130. The maximum absolute atomic E-state index is 12.8. The van der Waals surface area contributed by atoms with Gasteiger partial charge in [-0.2, -0.15) is 0 Å². The minimum absolute atomic E-state index is 0.279. The number of aryl methyl sites for hydroxylation is 2. The molecule has 27 heavy (non-hydrogen) atoms. The number of carbonyl (C=O) groups excluding carboxylic acids is 1. The van der Waals surface area contributed by atoms with Crippen LogP contribution in [0.1, 0.15) is 21.9 Å². The summed E-state index contributed by atoms with van der Waals surface area (Å²) in [6.07, 6.45) is 0. The van der Waals surface area contributed by atoms with Gasteiger partial charge < -0.3 is 10.1 Å². The van der Waals surface area contributed by atoms with Crippen LogP contribution in [0.15, 0.2) is 41.8 Å². The minimum atomic E-state index is -0.279. The first-order chi connectivity index (χ1) is 13.0. The van der Waals surface area contributed by atoms with Crippen molar-refractivity contribution < 1.29 is 9.53 Å². The third-order valence-electron chi connectivity index (χ3n) is 4.06. The van der Waals surface area contributed by atoms with Crippen molar-refractivity contribution in [3.05, 3.63) is 58.9 Å². The molecule has 0 aliphatic heterocycles. The number of benzene rings is 1. The number of rotatable bonds is 4. The van der Waals surface area contributed by atoms with E-state index in [4.69, 9.17) is 4.74 Å². The van der Waals surface area contributed by atoms with Crippen LogP contribution >= 0.6 is 11.3 Å². The topological polar surface area (TPSA) is 81.4 Å². The lowest BCUT2D eigenvalue weighted by Crippen LogP contribution is -2.16. The number of carbonyl (C=O) groups is 1. The number of methoxy groups -OCH3 is 1. The number of thiazole rings is 1. The summed E-state index contributed by atoms with van der Waals surface area (Å²) in [5, 5.41) is 10.2. The molecule has 1 amide bonds. The fourth-order valence-electron chi connectivity index (χ4n) is 2.77. The van der Waals surface area contributed by atoms with Crippen LogP contribution < -0.4 is 10.1 Å². The van der Waals surface area contributed by atoms with Crippen molar-refractivity contribution in [3.63, 3.8) is 0 Å². The zero-order chi connectivity index (χ0) is 19.0. The van der Waals surface area contributed by atoms with Gasteiger partial charge in [0, 0.05) is 28.4 Å². The molecule has 0 saturated heterocycles. The van der Waals surface area contributed by atoms with Gasteiger partial charge in [-0.15, -0.1) is 16.4 Å². The fourth-order valence-corrected chi connectivity index (χ4v) is 3.57. The number of fused-ring (bicyclic) bond motifs is 1. The summed E-state index contributed by atoms with van der Waals surface area (Å²) in [6.45, 7) is 3.75. The second kappa shape index (κ2) is 6.81. The van der Waals surface area contributed by atoms with Crippen LogP contribution in [0.3, 0.4) is 0 Å². The van der Waals surface area contributed by atoms with E-state index in [1.807, 2.05) is 36.6 Å². The van der Waals surface area contributed by atoms with Gasteiger partial charge >= 0.3 is 0 Å². The Morgan fingerprint density at radius 2 is 1.89 bits per heavy atom. The summed E-state index contributed by atoms with van der Waals surface area (Å²) in [5.74, 6) is 0.135. The number of ether oxygens (including phenoxy) is 1. The van der Waals surface area contributed by atoms with Crippen molar-refractivity contribution in [2.75, 3.05) is 12.4 Å². The Balaban J connectivity index is 1.60. The number of anilines is 1. The van der Waals surface area contributed by atoms with Gasteiger partial charge in [-0.1, -0.05) is 0 Å². The van der Waals surface area contributed by atoms with Gasteiger partial charge in [0.25, 0.3) is 5.91 Å². The molecule has 4 aromatic rings. The van der Waals surface area contributed by atoms with Crippen LogP contribution in [0.4, 0.5) is 5.69 Å². The molecule has 0 fully saturated rings. The SMILES string of the molecule is COc1ccc2nc(C)c(C(=O)Nc3ccc(-c4nc(C)cs4)cc3)n2n1. The van der Waals surface area contributed by atoms with Crippen molar-refractivity contribution in [1.29, 1.82) is 0 Å². The normalized spacial score (nSPS) is 10.9. The second-order valence-corrected chi connectivity index (χ2v) is 6.88. The van der Waals surface area contributed by atoms with Crippen molar-refractivity contribution in [2.24, 2.45) is 0 Å². The fraction of sp³-hybridized carbons (Fsp3) is 0.158. The molecule has 0 unspecified atom stereocenters. The van der Waals surface area contributed by atoms with E-state index >= 15 is 0 Å². The lowest BCUT2D eigenvalue weighted by Gasteiger charge is -2.07. The molecule has 0 spiro atoms. The molecule has 136 valence electrons. The van der Waals surface area contributed by atoms with Gasteiger partial charge in [-0.05, 0) is 44.2 Å². The quantitative estimate of drug-likeness (QED) is 0.584. The van der Waals surface area contributed by atoms with E-state index in [0.717, 1.165) is 16.3 Å². The number of hydrogen-bond donors (Lipinski definition) is 1. The highest BCUT2D eigenvalue weighted by Gasteiger charge is 2.18. The predicted molar refractivity (Wildman–Crippen MR) is 105 cm³/mol. The highest BCUT2D eigenvalue weighted by Crippen LogP contribution is 2.25. The average Bonchev–Trinajstić information content (AvgIpc) is 3.24. The molecular weight excluding hydrogens is 362 g/mol. The smallest absolute Gasteiger partial charge is 0.276 e. The third-order valence-corrected chi connectivity index (χ3v) is 5.07.